The normalized spacial score (nSPS) is 12.2. The number of ether oxygens (including phenoxy) is 2. The Bertz CT molecular complexity index is 925. The van der Waals surface area contributed by atoms with E-state index in [1.807, 2.05) is 45.9 Å². The van der Waals surface area contributed by atoms with Crippen LogP contribution in [0.2, 0.25) is 0 Å². The average Bonchev–Trinajstić information content (AvgIpc) is 2.88. The molecule has 2 rings (SSSR count). The molecule has 0 aliphatic rings. The fourth-order valence-corrected chi connectivity index (χ4v) is 5.17. The van der Waals surface area contributed by atoms with Gasteiger partial charge in [0.05, 0.1) is 6.61 Å². The summed E-state index contributed by atoms with van der Waals surface area (Å²) in [6.45, 7) is 9.95. The molecular formula is C32H47NO4S. The van der Waals surface area contributed by atoms with Gasteiger partial charge in [0.25, 0.3) is 0 Å². The van der Waals surface area contributed by atoms with Crippen molar-refractivity contribution in [1.82, 2.24) is 5.32 Å². The van der Waals surface area contributed by atoms with Crippen molar-refractivity contribution in [3.63, 3.8) is 0 Å². The van der Waals surface area contributed by atoms with Crippen molar-refractivity contribution in [1.29, 1.82) is 0 Å². The average molecular weight is 542 g/mol. The second kappa shape index (κ2) is 18.1. The highest BCUT2D eigenvalue weighted by atomic mass is 32.2. The number of hydrogen-bond acceptors (Lipinski definition) is 6. The number of nitrogens with one attached hydrogen (secondary N) is 1. The van der Waals surface area contributed by atoms with Gasteiger partial charge >= 0.3 is 11.9 Å². The van der Waals surface area contributed by atoms with E-state index in [9.17, 15) is 9.59 Å². The molecule has 0 spiro atoms. The molecule has 5 nitrogen and oxygen atoms in total. The van der Waals surface area contributed by atoms with Gasteiger partial charge in [0.2, 0.25) is 0 Å². The van der Waals surface area contributed by atoms with E-state index in [1.165, 1.54) is 17.5 Å². The Morgan fingerprint density at radius 3 is 2.18 bits per heavy atom. The summed E-state index contributed by atoms with van der Waals surface area (Å²) in [4.78, 5) is 24.3. The van der Waals surface area contributed by atoms with Crippen molar-refractivity contribution in [2.24, 2.45) is 0 Å². The van der Waals surface area contributed by atoms with E-state index >= 15 is 0 Å². The summed E-state index contributed by atoms with van der Waals surface area (Å²) in [7, 11) is 0. The number of thioether (sulfide) groups is 1. The standard InChI is InChI=1S/C32H47NO4S/c1-5-36-31(35)29(38-25-28-14-10-9-11-15-28)24-27-19-17-26(18-20-27)21-23-33-22-13-8-6-7-12-16-30(34)37-32(2,3)4/h9-11,14-15,17-20,29,33H,5-8,12-13,16,21-25H2,1-4H3. The van der Waals surface area contributed by atoms with Crippen LogP contribution in [0, 0.1) is 0 Å². The number of carbonyl (C=O) groups excluding carboxylic acids is 2. The minimum atomic E-state index is -0.389. The fourth-order valence-electron chi connectivity index (χ4n) is 4.07. The van der Waals surface area contributed by atoms with E-state index in [4.69, 9.17) is 9.47 Å². The van der Waals surface area contributed by atoms with E-state index in [1.54, 1.807) is 11.8 Å². The summed E-state index contributed by atoms with van der Waals surface area (Å²) in [6, 6.07) is 18.9. The molecule has 210 valence electrons. The zero-order chi connectivity index (χ0) is 27.6. The molecule has 0 bridgehead atoms. The minimum absolute atomic E-state index is 0.0898. The molecule has 0 saturated carbocycles. The second-order valence-electron chi connectivity index (χ2n) is 10.7. The Labute approximate surface area is 234 Å². The Balaban J connectivity index is 1.60. The van der Waals surface area contributed by atoms with Gasteiger partial charge in [-0.05, 0) is 83.2 Å². The lowest BCUT2D eigenvalue weighted by atomic mass is 10.1. The van der Waals surface area contributed by atoms with E-state index in [0.29, 0.717) is 19.4 Å². The van der Waals surface area contributed by atoms with Crippen LogP contribution in [0.5, 0.6) is 0 Å². The molecule has 1 N–H and O–H groups in total. The monoisotopic (exact) mass is 541 g/mol. The molecule has 1 atom stereocenters. The van der Waals surface area contributed by atoms with E-state index in [-0.39, 0.29) is 22.8 Å². The zero-order valence-corrected chi connectivity index (χ0v) is 24.6. The van der Waals surface area contributed by atoms with Gasteiger partial charge in [-0.1, -0.05) is 73.9 Å². The molecule has 38 heavy (non-hydrogen) atoms. The van der Waals surface area contributed by atoms with Crippen LogP contribution in [-0.4, -0.2) is 42.5 Å². The summed E-state index contributed by atoms with van der Waals surface area (Å²) in [5.41, 5.74) is 3.28. The van der Waals surface area contributed by atoms with E-state index in [2.05, 4.69) is 41.7 Å². The highest BCUT2D eigenvalue weighted by Crippen LogP contribution is 2.23. The van der Waals surface area contributed by atoms with E-state index < -0.39 is 0 Å². The molecule has 0 aliphatic heterocycles. The van der Waals surface area contributed by atoms with Crippen molar-refractivity contribution in [3.8, 4) is 0 Å². The number of carbonyl (C=O) groups is 2. The molecule has 0 aliphatic carbocycles. The van der Waals surface area contributed by atoms with Crippen LogP contribution in [0.1, 0.15) is 82.9 Å². The second-order valence-corrected chi connectivity index (χ2v) is 11.9. The van der Waals surface area contributed by atoms with Gasteiger partial charge in [0.15, 0.2) is 0 Å². The Morgan fingerprint density at radius 2 is 1.50 bits per heavy atom. The van der Waals surface area contributed by atoms with Gasteiger partial charge in [-0.2, -0.15) is 0 Å². The smallest absolute Gasteiger partial charge is 0.319 e. The minimum Gasteiger partial charge on any atom is -0.465 e. The summed E-state index contributed by atoms with van der Waals surface area (Å²) >= 11 is 1.65. The third-order valence-corrected chi connectivity index (χ3v) is 7.29. The van der Waals surface area contributed by atoms with Crippen LogP contribution < -0.4 is 5.32 Å². The largest absolute Gasteiger partial charge is 0.465 e. The van der Waals surface area contributed by atoms with Crippen molar-refractivity contribution in [2.75, 3.05) is 19.7 Å². The van der Waals surface area contributed by atoms with E-state index in [0.717, 1.165) is 56.5 Å². The molecule has 6 heteroatoms. The lowest BCUT2D eigenvalue weighted by Gasteiger charge is -2.19. The van der Waals surface area contributed by atoms with Crippen LogP contribution in [0.3, 0.4) is 0 Å². The van der Waals surface area contributed by atoms with Gasteiger partial charge in [-0.25, -0.2) is 0 Å². The summed E-state index contributed by atoms with van der Waals surface area (Å²) in [6.07, 6.45) is 7.65. The van der Waals surface area contributed by atoms with Crippen LogP contribution in [-0.2, 0) is 37.7 Å². The fraction of sp³-hybridized carbons (Fsp3) is 0.562. The van der Waals surface area contributed by atoms with Gasteiger partial charge in [0.1, 0.15) is 10.9 Å². The van der Waals surface area contributed by atoms with Crippen molar-refractivity contribution in [3.05, 3.63) is 71.3 Å². The Kier molecular flexibility index (Phi) is 15.2. The molecular weight excluding hydrogens is 494 g/mol. The SMILES string of the molecule is CCOC(=O)C(Cc1ccc(CCNCCCCCCCC(=O)OC(C)(C)C)cc1)SCc1ccccc1. The number of esters is 2. The molecule has 1 unspecified atom stereocenters. The third kappa shape index (κ3) is 14.6. The first-order valence-electron chi connectivity index (χ1n) is 14.1. The van der Waals surface area contributed by atoms with Crippen molar-refractivity contribution < 1.29 is 19.1 Å². The highest BCUT2D eigenvalue weighted by Gasteiger charge is 2.21. The lowest BCUT2D eigenvalue weighted by molar-refractivity contribution is -0.155. The van der Waals surface area contributed by atoms with Gasteiger partial charge < -0.3 is 14.8 Å². The van der Waals surface area contributed by atoms with Gasteiger partial charge in [0, 0.05) is 12.2 Å². The topological polar surface area (TPSA) is 64.6 Å². The van der Waals surface area contributed by atoms with Crippen molar-refractivity contribution in [2.45, 2.75) is 95.7 Å². The van der Waals surface area contributed by atoms with Crippen molar-refractivity contribution >= 4 is 23.7 Å². The van der Waals surface area contributed by atoms with Crippen LogP contribution in [0.15, 0.2) is 54.6 Å². The molecule has 0 saturated heterocycles. The quantitative estimate of drug-likeness (QED) is 0.163. The molecule has 0 heterocycles. The number of benzene rings is 2. The zero-order valence-electron chi connectivity index (χ0n) is 23.8. The first-order valence-corrected chi connectivity index (χ1v) is 15.1. The summed E-state index contributed by atoms with van der Waals surface area (Å²) in [5.74, 6) is 0.567. The molecule has 0 radical (unpaired) electrons. The maximum absolute atomic E-state index is 12.5. The number of hydrogen-bond donors (Lipinski definition) is 1. The number of unbranched alkanes of at least 4 members (excludes halogenated alkanes) is 4. The predicted molar refractivity (Wildman–Crippen MR) is 158 cm³/mol. The Hall–Kier alpha value is -2.31. The highest BCUT2D eigenvalue weighted by molar-refractivity contribution is 7.99. The summed E-state index contributed by atoms with van der Waals surface area (Å²) in [5, 5.41) is 3.33. The Morgan fingerprint density at radius 1 is 0.842 bits per heavy atom. The molecule has 2 aromatic rings. The first-order chi connectivity index (χ1) is 18.3. The summed E-state index contributed by atoms with van der Waals surface area (Å²) < 4.78 is 10.7. The number of rotatable bonds is 18. The van der Waals surface area contributed by atoms with Crippen LogP contribution in [0.4, 0.5) is 0 Å². The molecule has 0 fully saturated rings. The lowest BCUT2D eigenvalue weighted by Crippen LogP contribution is -2.23. The van der Waals surface area contributed by atoms with Crippen LogP contribution >= 0.6 is 11.8 Å². The third-order valence-electron chi connectivity index (χ3n) is 6.03. The van der Waals surface area contributed by atoms with Crippen LogP contribution in [0.25, 0.3) is 0 Å². The first kappa shape index (κ1) is 31.9. The molecule has 2 aromatic carbocycles. The predicted octanol–water partition coefficient (Wildman–Crippen LogP) is 6.91. The maximum Gasteiger partial charge on any atom is 0.319 e. The molecule has 0 aromatic heterocycles. The van der Waals surface area contributed by atoms with Gasteiger partial charge in [-0.15, -0.1) is 11.8 Å². The maximum atomic E-state index is 12.5. The van der Waals surface area contributed by atoms with Gasteiger partial charge in [-0.3, -0.25) is 9.59 Å². The molecule has 0 amide bonds.